The zero-order valence-corrected chi connectivity index (χ0v) is 8.74. The average molecular weight is 220 g/mol. The fourth-order valence-electron chi connectivity index (χ4n) is 2.08. The summed E-state index contributed by atoms with van der Waals surface area (Å²) in [5.41, 5.74) is 3.06. The standard InChI is InChI=1S/C12H13FN2O/c13-9-3-1-2-8-6-10(16-12(8)9)11(15-14)7-4-5-7/h1-3,6-7,11,15H,4-5,14H2. The van der Waals surface area contributed by atoms with Crippen molar-refractivity contribution >= 4 is 11.0 Å². The highest BCUT2D eigenvalue weighted by atomic mass is 19.1. The molecular weight excluding hydrogens is 207 g/mol. The second kappa shape index (κ2) is 3.57. The summed E-state index contributed by atoms with van der Waals surface area (Å²) >= 11 is 0. The van der Waals surface area contributed by atoms with Gasteiger partial charge < -0.3 is 4.42 Å². The van der Waals surface area contributed by atoms with Crippen molar-refractivity contribution in [2.75, 3.05) is 0 Å². The molecular formula is C12H13FN2O. The van der Waals surface area contributed by atoms with Crippen LogP contribution in [0.3, 0.4) is 0 Å². The topological polar surface area (TPSA) is 51.2 Å². The molecule has 1 atom stereocenters. The van der Waals surface area contributed by atoms with Crippen molar-refractivity contribution in [3.63, 3.8) is 0 Å². The van der Waals surface area contributed by atoms with Crippen LogP contribution in [0, 0.1) is 11.7 Å². The Bertz CT molecular complexity index is 519. The van der Waals surface area contributed by atoms with Gasteiger partial charge in [0.25, 0.3) is 0 Å². The lowest BCUT2D eigenvalue weighted by Gasteiger charge is -2.10. The fourth-order valence-corrected chi connectivity index (χ4v) is 2.08. The van der Waals surface area contributed by atoms with Crippen molar-refractivity contribution in [2.45, 2.75) is 18.9 Å². The highest BCUT2D eigenvalue weighted by Gasteiger charge is 2.33. The van der Waals surface area contributed by atoms with Crippen molar-refractivity contribution in [3.8, 4) is 0 Å². The molecule has 1 aromatic heterocycles. The number of furan rings is 1. The van der Waals surface area contributed by atoms with Gasteiger partial charge in [-0.25, -0.2) is 9.82 Å². The average Bonchev–Trinajstić information content (AvgIpc) is 2.99. The van der Waals surface area contributed by atoms with Gasteiger partial charge in [0.15, 0.2) is 11.4 Å². The third-order valence-corrected chi connectivity index (χ3v) is 3.09. The molecule has 1 fully saturated rings. The molecule has 1 unspecified atom stereocenters. The lowest BCUT2D eigenvalue weighted by atomic mass is 10.1. The Labute approximate surface area is 92.4 Å². The number of hydrazine groups is 1. The SMILES string of the molecule is NNC(c1cc2cccc(F)c2o1)C1CC1. The van der Waals surface area contributed by atoms with Crippen LogP contribution in [0.15, 0.2) is 28.7 Å². The molecule has 1 heterocycles. The minimum Gasteiger partial charge on any atom is -0.456 e. The predicted octanol–water partition coefficient (Wildman–Crippen LogP) is 2.49. The number of para-hydroxylation sites is 1. The minimum absolute atomic E-state index is 0.00630. The van der Waals surface area contributed by atoms with Crippen LogP contribution in [0.1, 0.15) is 24.6 Å². The molecule has 84 valence electrons. The van der Waals surface area contributed by atoms with Gasteiger partial charge >= 0.3 is 0 Å². The summed E-state index contributed by atoms with van der Waals surface area (Å²) < 4.78 is 19.0. The van der Waals surface area contributed by atoms with E-state index in [0.29, 0.717) is 11.5 Å². The Morgan fingerprint density at radius 1 is 1.44 bits per heavy atom. The minimum atomic E-state index is -0.324. The monoisotopic (exact) mass is 220 g/mol. The Morgan fingerprint density at radius 2 is 2.25 bits per heavy atom. The first-order chi connectivity index (χ1) is 7.79. The van der Waals surface area contributed by atoms with E-state index in [0.717, 1.165) is 24.0 Å². The molecule has 3 nitrogen and oxygen atoms in total. The summed E-state index contributed by atoms with van der Waals surface area (Å²) in [5.74, 6) is 6.43. The number of nitrogens with one attached hydrogen (secondary N) is 1. The zero-order valence-electron chi connectivity index (χ0n) is 8.74. The van der Waals surface area contributed by atoms with E-state index in [1.165, 1.54) is 6.07 Å². The van der Waals surface area contributed by atoms with Crippen LogP contribution < -0.4 is 11.3 Å². The molecule has 1 aliphatic rings. The van der Waals surface area contributed by atoms with E-state index in [1.54, 1.807) is 6.07 Å². The van der Waals surface area contributed by atoms with Crippen LogP contribution in [0.2, 0.25) is 0 Å². The van der Waals surface area contributed by atoms with E-state index >= 15 is 0 Å². The second-order valence-electron chi connectivity index (χ2n) is 4.29. The predicted molar refractivity (Wildman–Crippen MR) is 59.0 cm³/mol. The summed E-state index contributed by atoms with van der Waals surface area (Å²) in [5, 5.41) is 0.788. The van der Waals surface area contributed by atoms with Gasteiger partial charge in [0.05, 0.1) is 6.04 Å². The molecule has 0 aliphatic heterocycles. The van der Waals surface area contributed by atoms with E-state index < -0.39 is 0 Å². The summed E-state index contributed by atoms with van der Waals surface area (Å²) in [6, 6.07) is 6.79. The van der Waals surface area contributed by atoms with Crippen LogP contribution >= 0.6 is 0 Å². The lowest BCUT2D eigenvalue weighted by Crippen LogP contribution is -2.29. The maximum absolute atomic E-state index is 13.4. The maximum Gasteiger partial charge on any atom is 0.169 e. The number of rotatable bonds is 3. The highest BCUT2D eigenvalue weighted by molar-refractivity contribution is 5.78. The first kappa shape index (κ1) is 9.81. The number of halogens is 1. The molecule has 1 saturated carbocycles. The molecule has 3 N–H and O–H groups in total. The Kier molecular flexibility index (Phi) is 2.19. The van der Waals surface area contributed by atoms with E-state index in [2.05, 4.69) is 5.43 Å². The van der Waals surface area contributed by atoms with Crippen molar-refractivity contribution in [1.82, 2.24) is 5.43 Å². The summed E-state index contributed by atoms with van der Waals surface area (Å²) in [4.78, 5) is 0. The summed E-state index contributed by atoms with van der Waals surface area (Å²) in [6.07, 6.45) is 2.29. The smallest absolute Gasteiger partial charge is 0.169 e. The van der Waals surface area contributed by atoms with Gasteiger partial charge in [0.2, 0.25) is 0 Å². The van der Waals surface area contributed by atoms with Gasteiger partial charge in [-0.3, -0.25) is 5.84 Å². The Hall–Kier alpha value is -1.39. The molecule has 0 bridgehead atoms. The van der Waals surface area contributed by atoms with Gasteiger partial charge in [-0.1, -0.05) is 12.1 Å². The molecule has 3 rings (SSSR count). The number of benzene rings is 1. The first-order valence-corrected chi connectivity index (χ1v) is 5.43. The molecule has 0 saturated heterocycles. The molecule has 16 heavy (non-hydrogen) atoms. The van der Waals surface area contributed by atoms with Gasteiger partial charge in [0.1, 0.15) is 5.76 Å². The fraction of sp³-hybridized carbons (Fsp3) is 0.333. The normalized spacial score (nSPS) is 17.9. The highest BCUT2D eigenvalue weighted by Crippen LogP contribution is 2.42. The second-order valence-corrected chi connectivity index (χ2v) is 4.29. The molecule has 0 radical (unpaired) electrons. The van der Waals surface area contributed by atoms with Gasteiger partial charge in [-0.05, 0) is 30.9 Å². The van der Waals surface area contributed by atoms with Crippen LogP contribution in [0.5, 0.6) is 0 Å². The van der Waals surface area contributed by atoms with Crippen LogP contribution in [-0.2, 0) is 0 Å². The van der Waals surface area contributed by atoms with Crippen molar-refractivity contribution in [1.29, 1.82) is 0 Å². The van der Waals surface area contributed by atoms with E-state index in [1.807, 2.05) is 12.1 Å². The van der Waals surface area contributed by atoms with E-state index in [9.17, 15) is 4.39 Å². The van der Waals surface area contributed by atoms with Crippen LogP contribution in [0.4, 0.5) is 4.39 Å². The van der Waals surface area contributed by atoms with Crippen molar-refractivity contribution in [3.05, 3.63) is 35.8 Å². The third-order valence-electron chi connectivity index (χ3n) is 3.09. The Morgan fingerprint density at radius 3 is 2.88 bits per heavy atom. The van der Waals surface area contributed by atoms with E-state index in [4.69, 9.17) is 10.3 Å². The van der Waals surface area contributed by atoms with E-state index in [-0.39, 0.29) is 11.9 Å². The number of hydrogen-bond donors (Lipinski definition) is 2. The molecule has 1 aliphatic carbocycles. The summed E-state index contributed by atoms with van der Waals surface area (Å²) in [6.45, 7) is 0. The van der Waals surface area contributed by atoms with Gasteiger partial charge in [-0.15, -0.1) is 0 Å². The molecule has 0 spiro atoms. The zero-order chi connectivity index (χ0) is 11.1. The summed E-state index contributed by atoms with van der Waals surface area (Å²) in [7, 11) is 0. The maximum atomic E-state index is 13.4. The number of nitrogens with two attached hydrogens (primary N) is 1. The quantitative estimate of drug-likeness (QED) is 0.617. The van der Waals surface area contributed by atoms with Crippen LogP contribution in [0.25, 0.3) is 11.0 Å². The van der Waals surface area contributed by atoms with Gasteiger partial charge in [-0.2, -0.15) is 0 Å². The molecule has 2 aromatic rings. The Balaban J connectivity index is 2.06. The first-order valence-electron chi connectivity index (χ1n) is 5.43. The number of fused-ring (bicyclic) bond motifs is 1. The number of hydrogen-bond acceptors (Lipinski definition) is 3. The molecule has 1 aromatic carbocycles. The largest absolute Gasteiger partial charge is 0.456 e. The van der Waals surface area contributed by atoms with Crippen molar-refractivity contribution in [2.24, 2.45) is 11.8 Å². The molecule has 0 amide bonds. The van der Waals surface area contributed by atoms with Crippen LogP contribution in [-0.4, -0.2) is 0 Å². The lowest BCUT2D eigenvalue weighted by molar-refractivity contribution is 0.398. The van der Waals surface area contributed by atoms with Crippen molar-refractivity contribution < 1.29 is 8.81 Å². The third kappa shape index (κ3) is 1.50. The molecule has 4 heteroatoms. The van der Waals surface area contributed by atoms with Gasteiger partial charge in [0, 0.05) is 5.39 Å².